The highest BCUT2D eigenvalue weighted by atomic mass is 16.3. The third kappa shape index (κ3) is 4.91. The molecule has 2 fully saturated rings. The first-order valence-electron chi connectivity index (χ1n) is 13.0. The molecule has 1 aliphatic heterocycles. The SMILES string of the molecule is Cn1cc(-c2cccc(-c3ncc(-c4cnn([C@H]5CC[C@H](C(=O)N6CC[C@@H](O)C6)CC5)c4)cn3)c2)cn1. The average molecular weight is 498 g/mol. The number of β-amino-alcohol motifs (C(OH)–C–C–N with tert-alkyl or cyclic N) is 1. The molecule has 1 aromatic carbocycles. The second kappa shape index (κ2) is 9.89. The van der Waals surface area contributed by atoms with Crippen molar-refractivity contribution < 1.29 is 9.90 Å². The Bertz CT molecular complexity index is 1390. The summed E-state index contributed by atoms with van der Waals surface area (Å²) in [4.78, 5) is 23.9. The zero-order chi connectivity index (χ0) is 25.4. The third-order valence-electron chi connectivity index (χ3n) is 7.64. The first-order chi connectivity index (χ1) is 18.0. The number of hydrogen-bond acceptors (Lipinski definition) is 6. The van der Waals surface area contributed by atoms with Gasteiger partial charge < -0.3 is 10.0 Å². The van der Waals surface area contributed by atoms with E-state index in [2.05, 4.69) is 38.5 Å². The van der Waals surface area contributed by atoms with E-state index >= 15 is 0 Å². The van der Waals surface area contributed by atoms with E-state index < -0.39 is 0 Å². The molecule has 2 aliphatic rings. The number of aliphatic hydroxyl groups is 1. The quantitative estimate of drug-likeness (QED) is 0.451. The van der Waals surface area contributed by atoms with Gasteiger partial charge in [0.1, 0.15) is 0 Å². The van der Waals surface area contributed by atoms with E-state index in [0.29, 0.717) is 25.3 Å². The van der Waals surface area contributed by atoms with Crippen molar-refractivity contribution in [2.75, 3.05) is 13.1 Å². The highest BCUT2D eigenvalue weighted by molar-refractivity contribution is 5.79. The van der Waals surface area contributed by atoms with Gasteiger partial charge in [0.25, 0.3) is 0 Å². The maximum absolute atomic E-state index is 12.8. The van der Waals surface area contributed by atoms with Crippen molar-refractivity contribution in [2.45, 2.75) is 44.2 Å². The van der Waals surface area contributed by atoms with Gasteiger partial charge in [-0.05, 0) is 43.7 Å². The summed E-state index contributed by atoms with van der Waals surface area (Å²) in [5.41, 5.74) is 5.00. The van der Waals surface area contributed by atoms with Crippen LogP contribution in [-0.4, -0.2) is 64.6 Å². The number of aliphatic hydroxyl groups excluding tert-OH is 1. The Balaban J connectivity index is 1.10. The summed E-state index contributed by atoms with van der Waals surface area (Å²) in [6.45, 7) is 1.16. The van der Waals surface area contributed by atoms with Crippen LogP contribution in [-0.2, 0) is 11.8 Å². The minimum atomic E-state index is -0.363. The summed E-state index contributed by atoms with van der Waals surface area (Å²) in [7, 11) is 1.91. The molecule has 0 unspecified atom stereocenters. The van der Waals surface area contributed by atoms with Crippen molar-refractivity contribution >= 4 is 5.91 Å². The van der Waals surface area contributed by atoms with Crippen LogP contribution in [0.5, 0.6) is 0 Å². The Morgan fingerprint density at radius 3 is 2.30 bits per heavy atom. The number of carbonyl (C=O) groups excluding carboxylic acids is 1. The Hall–Kier alpha value is -3.85. The van der Waals surface area contributed by atoms with Gasteiger partial charge in [0.2, 0.25) is 5.91 Å². The summed E-state index contributed by atoms with van der Waals surface area (Å²) in [6, 6.07) is 8.45. The van der Waals surface area contributed by atoms with Gasteiger partial charge in [-0.25, -0.2) is 9.97 Å². The highest BCUT2D eigenvalue weighted by Crippen LogP contribution is 2.34. The normalized spacial score (nSPS) is 21.9. The molecule has 190 valence electrons. The summed E-state index contributed by atoms with van der Waals surface area (Å²) >= 11 is 0. The lowest BCUT2D eigenvalue weighted by molar-refractivity contribution is -0.136. The largest absolute Gasteiger partial charge is 0.391 e. The molecule has 1 amide bonds. The fourth-order valence-electron chi connectivity index (χ4n) is 5.51. The van der Waals surface area contributed by atoms with Crippen LogP contribution >= 0.6 is 0 Å². The van der Waals surface area contributed by atoms with Crippen molar-refractivity contribution in [3.63, 3.8) is 0 Å². The van der Waals surface area contributed by atoms with Crippen LogP contribution in [0.1, 0.15) is 38.1 Å². The number of rotatable bonds is 5. The van der Waals surface area contributed by atoms with E-state index in [1.807, 2.05) is 59.7 Å². The predicted molar refractivity (Wildman–Crippen MR) is 139 cm³/mol. The number of carbonyl (C=O) groups is 1. The molecule has 9 heteroatoms. The topological polar surface area (TPSA) is 102 Å². The van der Waals surface area contributed by atoms with E-state index in [-0.39, 0.29) is 24.0 Å². The first-order valence-corrected chi connectivity index (χ1v) is 13.0. The van der Waals surface area contributed by atoms with Gasteiger partial charge in [-0.1, -0.05) is 18.2 Å². The highest BCUT2D eigenvalue weighted by Gasteiger charge is 2.33. The number of nitrogens with zero attached hydrogens (tertiary/aromatic N) is 7. The second-order valence-electron chi connectivity index (χ2n) is 10.2. The molecule has 0 radical (unpaired) electrons. The molecular weight excluding hydrogens is 466 g/mol. The summed E-state index contributed by atoms with van der Waals surface area (Å²) in [5, 5.41) is 18.6. The molecule has 1 atom stereocenters. The summed E-state index contributed by atoms with van der Waals surface area (Å²) in [6.07, 6.45) is 15.4. The van der Waals surface area contributed by atoms with Crippen LogP contribution < -0.4 is 0 Å². The van der Waals surface area contributed by atoms with E-state index in [0.717, 1.165) is 53.5 Å². The van der Waals surface area contributed by atoms with Crippen LogP contribution in [0.25, 0.3) is 33.6 Å². The molecule has 4 heterocycles. The number of hydrogen-bond donors (Lipinski definition) is 1. The molecular formula is C28H31N7O2. The molecule has 1 saturated heterocycles. The molecule has 1 N–H and O–H groups in total. The van der Waals surface area contributed by atoms with E-state index in [1.54, 1.807) is 4.68 Å². The van der Waals surface area contributed by atoms with Crippen LogP contribution in [0.15, 0.2) is 61.4 Å². The Kier molecular flexibility index (Phi) is 6.30. The first kappa shape index (κ1) is 23.5. The number of aryl methyl sites for hydroxylation is 1. The number of aromatic nitrogens is 6. The van der Waals surface area contributed by atoms with Crippen molar-refractivity contribution in [1.29, 1.82) is 0 Å². The van der Waals surface area contributed by atoms with Gasteiger partial charge in [0, 0.05) is 73.1 Å². The number of benzene rings is 1. The van der Waals surface area contributed by atoms with Crippen LogP contribution in [0.2, 0.25) is 0 Å². The van der Waals surface area contributed by atoms with Gasteiger partial charge in [-0.2, -0.15) is 10.2 Å². The minimum absolute atomic E-state index is 0.0641. The predicted octanol–water partition coefficient (Wildman–Crippen LogP) is 3.73. The van der Waals surface area contributed by atoms with E-state index in [4.69, 9.17) is 0 Å². The van der Waals surface area contributed by atoms with Crippen LogP contribution in [0.3, 0.4) is 0 Å². The van der Waals surface area contributed by atoms with Gasteiger partial charge in [-0.15, -0.1) is 0 Å². The molecule has 0 spiro atoms. The standard InChI is InChI=1S/C28H31N7O2/c1-33-16-23(14-31-33)20-3-2-4-21(11-20)27-29-12-22(13-30-27)24-15-32-35(17-24)25-7-5-19(6-8-25)28(37)34-10-9-26(36)18-34/h2-4,11-17,19,25-26,36H,5-10,18H2,1H3/t19-,25-,26-/m1/s1. The maximum atomic E-state index is 12.8. The number of amides is 1. The molecule has 9 nitrogen and oxygen atoms in total. The van der Waals surface area contributed by atoms with Crippen LogP contribution in [0, 0.1) is 5.92 Å². The minimum Gasteiger partial charge on any atom is -0.391 e. The summed E-state index contributed by atoms with van der Waals surface area (Å²) in [5.74, 6) is 0.948. The zero-order valence-electron chi connectivity index (χ0n) is 20.9. The Labute approximate surface area is 215 Å². The van der Waals surface area contributed by atoms with Crippen molar-refractivity contribution in [1.82, 2.24) is 34.4 Å². The molecule has 1 aliphatic carbocycles. The molecule has 0 bridgehead atoms. The summed E-state index contributed by atoms with van der Waals surface area (Å²) < 4.78 is 3.82. The third-order valence-corrected chi connectivity index (χ3v) is 7.64. The Morgan fingerprint density at radius 1 is 0.865 bits per heavy atom. The van der Waals surface area contributed by atoms with E-state index in [1.165, 1.54) is 0 Å². The lowest BCUT2D eigenvalue weighted by Gasteiger charge is -2.30. The maximum Gasteiger partial charge on any atom is 0.225 e. The lowest BCUT2D eigenvalue weighted by Crippen LogP contribution is -2.37. The zero-order valence-corrected chi connectivity index (χ0v) is 20.9. The smallest absolute Gasteiger partial charge is 0.225 e. The monoisotopic (exact) mass is 497 g/mol. The molecule has 3 aromatic heterocycles. The molecule has 4 aromatic rings. The van der Waals surface area contributed by atoms with Crippen LogP contribution in [0.4, 0.5) is 0 Å². The van der Waals surface area contributed by atoms with Crippen molar-refractivity contribution in [2.24, 2.45) is 13.0 Å². The second-order valence-corrected chi connectivity index (χ2v) is 10.2. The van der Waals surface area contributed by atoms with Crippen molar-refractivity contribution in [3.05, 3.63) is 61.4 Å². The van der Waals surface area contributed by atoms with Crippen molar-refractivity contribution in [3.8, 4) is 33.6 Å². The fraction of sp³-hybridized carbons (Fsp3) is 0.393. The molecule has 37 heavy (non-hydrogen) atoms. The molecule has 6 rings (SSSR count). The fourth-order valence-corrected chi connectivity index (χ4v) is 5.51. The van der Waals surface area contributed by atoms with E-state index in [9.17, 15) is 9.90 Å². The number of likely N-dealkylation sites (tertiary alicyclic amines) is 1. The lowest BCUT2D eigenvalue weighted by atomic mass is 9.85. The molecule has 1 saturated carbocycles. The Morgan fingerprint density at radius 2 is 1.59 bits per heavy atom. The van der Waals surface area contributed by atoms with Gasteiger partial charge in [0.05, 0.1) is 24.5 Å². The average Bonchev–Trinajstić information content (AvgIpc) is 3.70. The van der Waals surface area contributed by atoms with Gasteiger partial charge in [0.15, 0.2) is 5.82 Å². The van der Waals surface area contributed by atoms with Gasteiger partial charge in [-0.3, -0.25) is 14.2 Å². The van der Waals surface area contributed by atoms with Gasteiger partial charge >= 0.3 is 0 Å².